The van der Waals surface area contributed by atoms with Gasteiger partial charge in [0.15, 0.2) is 0 Å². The van der Waals surface area contributed by atoms with E-state index in [2.05, 4.69) is 15.8 Å². The van der Waals surface area contributed by atoms with E-state index in [1.54, 1.807) is 37.4 Å². The molecule has 3 aromatic rings. The molecule has 1 heterocycles. The first kappa shape index (κ1) is 15.5. The van der Waals surface area contributed by atoms with Crippen LogP contribution in [-0.4, -0.2) is 23.9 Å². The Bertz CT molecular complexity index is 894. The molecule has 0 atom stereocenters. The maximum Gasteiger partial charge on any atom is 0.288 e. The van der Waals surface area contributed by atoms with Crippen LogP contribution in [0.5, 0.6) is 5.75 Å². The van der Waals surface area contributed by atoms with Gasteiger partial charge < -0.3 is 4.74 Å². The average molecular weight is 321 g/mol. The number of hydrazine groups is 1. The fourth-order valence-electron chi connectivity index (χ4n) is 2.39. The quantitative estimate of drug-likeness (QED) is 0.726. The van der Waals surface area contributed by atoms with Gasteiger partial charge in [-0.15, -0.1) is 0 Å². The maximum atomic E-state index is 12.4. The molecule has 120 valence electrons. The van der Waals surface area contributed by atoms with Crippen molar-refractivity contribution >= 4 is 22.6 Å². The van der Waals surface area contributed by atoms with E-state index in [9.17, 15) is 9.59 Å². The fraction of sp³-hybridized carbons (Fsp3) is 0.0556. The molecule has 2 N–H and O–H groups in total. The number of hydrogen-bond donors (Lipinski definition) is 2. The minimum Gasteiger partial charge on any atom is -0.496 e. The van der Waals surface area contributed by atoms with Gasteiger partial charge in [0, 0.05) is 17.1 Å². The Hall–Kier alpha value is -3.41. The smallest absolute Gasteiger partial charge is 0.288 e. The molecule has 0 saturated heterocycles. The largest absolute Gasteiger partial charge is 0.496 e. The van der Waals surface area contributed by atoms with Crippen LogP contribution in [0.25, 0.3) is 10.8 Å². The van der Waals surface area contributed by atoms with E-state index in [0.29, 0.717) is 11.3 Å². The van der Waals surface area contributed by atoms with Crippen LogP contribution in [-0.2, 0) is 0 Å². The molecule has 0 spiro atoms. The molecule has 0 fully saturated rings. The summed E-state index contributed by atoms with van der Waals surface area (Å²) in [5.41, 5.74) is 5.42. The number of rotatable bonds is 3. The van der Waals surface area contributed by atoms with Crippen molar-refractivity contribution in [1.82, 2.24) is 15.8 Å². The number of nitrogens with zero attached hydrogens (tertiary/aromatic N) is 1. The van der Waals surface area contributed by atoms with Crippen molar-refractivity contribution < 1.29 is 14.3 Å². The van der Waals surface area contributed by atoms with Crippen LogP contribution in [0.2, 0.25) is 0 Å². The molecule has 0 saturated carbocycles. The Kier molecular flexibility index (Phi) is 4.38. The summed E-state index contributed by atoms with van der Waals surface area (Å²) in [6.07, 6.45) is 1.51. The Morgan fingerprint density at radius 2 is 1.58 bits per heavy atom. The second-order valence-electron chi connectivity index (χ2n) is 4.98. The molecular formula is C18H15N3O3. The number of pyridine rings is 1. The molecule has 0 aliphatic heterocycles. The minimum atomic E-state index is -0.484. The maximum absolute atomic E-state index is 12.4. The summed E-state index contributed by atoms with van der Waals surface area (Å²) in [5.74, 6) is -0.223. The average Bonchev–Trinajstić information content (AvgIpc) is 2.65. The summed E-state index contributed by atoms with van der Waals surface area (Å²) in [6, 6.07) is 15.7. The Morgan fingerprint density at radius 1 is 0.875 bits per heavy atom. The van der Waals surface area contributed by atoms with Crippen LogP contribution in [0.3, 0.4) is 0 Å². The van der Waals surface area contributed by atoms with E-state index in [-0.39, 0.29) is 5.69 Å². The molecular weight excluding hydrogens is 306 g/mol. The third kappa shape index (κ3) is 3.03. The van der Waals surface area contributed by atoms with E-state index < -0.39 is 11.8 Å². The number of fused-ring (bicyclic) bond motifs is 1. The Labute approximate surface area is 138 Å². The lowest BCUT2D eigenvalue weighted by Gasteiger charge is -2.11. The number of hydrogen-bond acceptors (Lipinski definition) is 4. The molecule has 0 aliphatic rings. The highest BCUT2D eigenvalue weighted by molar-refractivity contribution is 6.09. The zero-order valence-electron chi connectivity index (χ0n) is 12.9. The van der Waals surface area contributed by atoms with Crippen LogP contribution in [0.4, 0.5) is 0 Å². The van der Waals surface area contributed by atoms with E-state index in [1.807, 2.05) is 24.3 Å². The minimum absolute atomic E-state index is 0.220. The number of nitrogens with one attached hydrogen (secondary N) is 2. The summed E-state index contributed by atoms with van der Waals surface area (Å²) >= 11 is 0. The molecule has 6 heteroatoms. The van der Waals surface area contributed by atoms with Gasteiger partial charge in [-0.2, -0.15) is 0 Å². The zero-order chi connectivity index (χ0) is 16.9. The van der Waals surface area contributed by atoms with Gasteiger partial charge >= 0.3 is 0 Å². The van der Waals surface area contributed by atoms with Crippen molar-refractivity contribution in [2.45, 2.75) is 0 Å². The van der Waals surface area contributed by atoms with Crippen molar-refractivity contribution in [2.24, 2.45) is 0 Å². The normalized spacial score (nSPS) is 10.2. The summed E-state index contributed by atoms with van der Waals surface area (Å²) < 4.78 is 5.31. The lowest BCUT2D eigenvalue weighted by Crippen LogP contribution is -2.42. The molecule has 1 aromatic heterocycles. The second-order valence-corrected chi connectivity index (χ2v) is 4.98. The second kappa shape index (κ2) is 6.78. The third-order valence-corrected chi connectivity index (χ3v) is 3.54. The number of methoxy groups -OCH3 is 1. The van der Waals surface area contributed by atoms with Gasteiger partial charge in [-0.3, -0.25) is 25.4 Å². The lowest BCUT2D eigenvalue weighted by atomic mass is 10.0. The van der Waals surface area contributed by atoms with Crippen LogP contribution in [0, 0.1) is 0 Å². The van der Waals surface area contributed by atoms with Crippen LogP contribution < -0.4 is 15.6 Å². The highest BCUT2D eigenvalue weighted by Crippen LogP contribution is 2.28. The van der Waals surface area contributed by atoms with E-state index in [1.165, 1.54) is 6.20 Å². The Morgan fingerprint density at radius 3 is 2.29 bits per heavy atom. The summed E-state index contributed by atoms with van der Waals surface area (Å²) in [4.78, 5) is 28.3. The first-order chi connectivity index (χ1) is 11.7. The third-order valence-electron chi connectivity index (χ3n) is 3.54. The van der Waals surface area contributed by atoms with Crippen molar-refractivity contribution in [3.8, 4) is 5.75 Å². The number of carbonyl (C=O) groups excluding carboxylic acids is 2. The summed E-state index contributed by atoms with van der Waals surface area (Å²) in [7, 11) is 1.58. The first-order valence-electron chi connectivity index (χ1n) is 7.28. The number of aromatic nitrogens is 1. The number of amides is 2. The predicted molar refractivity (Wildman–Crippen MR) is 89.7 cm³/mol. The van der Waals surface area contributed by atoms with Gasteiger partial charge in [-0.25, -0.2) is 0 Å². The number of carbonyl (C=O) groups is 2. The highest BCUT2D eigenvalue weighted by Gasteiger charge is 2.14. The van der Waals surface area contributed by atoms with Gasteiger partial charge in [0.25, 0.3) is 11.8 Å². The van der Waals surface area contributed by atoms with E-state index in [0.717, 1.165) is 10.8 Å². The molecule has 24 heavy (non-hydrogen) atoms. The monoisotopic (exact) mass is 321 g/mol. The van der Waals surface area contributed by atoms with Crippen LogP contribution >= 0.6 is 0 Å². The van der Waals surface area contributed by atoms with Gasteiger partial charge in [0.05, 0.1) is 7.11 Å². The van der Waals surface area contributed by atoms with Crippen molar-refractivity contribution in [3.05, 3.63) is 72.1 Å². The SMILES string of the molecule is COc1ccc(C(=O)NNC(=O)c2ccccn2)c2ccccc12. The van der Waals surface area contributed by atoms with Gasteiger partial charge in [-0.05, 0) is 29.7 Å². The highest BCUT2D eigenvalue weighted by atomic mass is 16.5. The lowest BCUT2D eigenvalue weighted by molar-refractivity contribution is 0.0845. The van der Waals surface area contributed by atoms with Crippen molar-refractivity contribution in [1.29, 1.82) is 0 Å². The summed E-state index contributed by atoms with van der Waals surface area (Å²) in [6.45, 7) is 0. The molecule has 2 aromatic carbocycles. The predicted octanol–water partition coefficient (Wildman–Crippen LogP) is 2.32. The zero-order valence-corrected chi connectivity index (χ0v) is 12.9. The topological polar surface area (TPSA) is 80.3 Å². The van der Waals surface area contributed by atoms with Crippen LogP contribution in [0.1, 0.15) is 20.8 Å². The standard InChI is InChI=1S/C18H15N3O3/c1-24-16-10-9-14(12-6-2-3-7-13(12)16)17(22)20-21-18(23)15-8-4-5-11-19-15/h2-11H,1H3,(H,20,22)(H,21,23). The Balaban J connectivity index is 1.81. The van der Waals surface area contributed by atoms with Gasteiger partial charge in [0.1, 0.15) is 11.4 Å². The number of ether oxygens (including phenoxy) is 1. The summed E-state index contributed by atoms with van der Waals surface area (Å²) in [5, 5.41) is 1.56. The molecule has 0 unspecified atom stereocenters. The molecule has 6 nitrogen and oxygen atoms in total. The fourth-order valence-corrected chi connectivity index (χ4v) is 2.39. The first-order valence-corrected chi connectivity index (χ1v) is 7.28. The van der Waals surface area contributed by atoms with Gasteiger partial charge in [0.2, 0.25) is 0 Å². The molecule has 0 aliphatic carbocycles. The van der Waals surface area contributed by atoms with E-state index >= 15 is 0 Å². The molecule has 3 rings (SSSR count). The van der Waals surface area contributed by atoms with Crippen molar-refractivity contribution in [3.63, 3.8) is 0 Å². The molecule has 0 bridgehead atoms. The molecule has 0 radical (unpaired) electrons. The van der Waals surface area contributed by atoms with Crippen LogP contribution in [0.15, 0.2) is 60.8 Å². The number of benzene rings is 2. The van der Waals surface area contributed by atoms with E-state index in [4.69, 9.17) is 4.74 Å². The van der Waals surface area contributed by atoms with Gasteiger partial charge in [-0.1, -0.05) is 30.3 Å². The molecule has 2 amide bonds. The van der Waals surface area contributed by atoms with Crippen molar-refractivity contribution in [2.75, 3.05) is 7.11 Å².